The largest absolute Gasteiger partial charge is 0.416 e. The van der Waals surface area contributed by atoms with Crippen LogP contribution in [0.15, 0.2) is 48.5 Å². The molecule has 0 aliphatic carbocycles. The lowest BCUT2D eigenvalue weighted by Gasteiger charge is -2.36. The van der Waals surface area contributed by atoms with Gasteiger partial charge in [0.1, 0.15) is 0 Å². The Bertz CT molecular complexity index is 1030. The number of benzene rings is 2. The number of anilines is 2. The van der Waals surface area contributed by atoms with E-state index < -0.39 is 21.8 Å². The molecule has 1 heterocycles. The van der Waals surface area contributed by atoms with Crippen molar-refractivity contribution in [2.45, 2.75) is 6.18 Å². The molecule has 0 bridgehead atoms. The summed E-state index contributed by atoms with van der Waals surface area (Å²) in [7, 11) is -2.16. The molecule has 1 saturated heterocycles. The average molecular weight is 441 g/mol. The van der Waals surface area contributed by atoms with Gasteiger partial charge in [-0.05, 0) is 30.3 Å². The lowest BCUT2D eigenvalue weighted by molar-refractivity contribution is -0.137. The molecule has 1 fully saturated rings. The fourth-order valence-corrected chi connectivity index (χ4v) is 3.84. The van der Waals surface area contributed by atoms with Gasteiger partial charge in [-0.3, -0.25) is 9.10 Å². The quantitative estimate of drug-likeness (QED) is 0.732. The molecule has 0 radical (unpaired) electrons. The van der Waals surface area contributed by atoms with Crippen LogP contribution in [0.3, 0.4) is 0 Å². The first-order valence-electron chi connectivity index (χ1n) is 9.23. The highest BCUT2D eigenvalue weighted by Crippen LogP contribution is 2.32. The van der Waals surface area contributed by atoms with Crippen LogP contribution in [-0.4, -0.2) is 58.7 Å². The van der Waals surface area contributed by atoms with Gasteiger partial charge >= 0.3 is 6.18 Å². The monoisotopic (exact) mass is 441 g/mol. The van der Waals surface area contributed by atoms with Crippen molar-refractivity contribution in [3.05, 3.63) is 59.7 Å². The Labute approximate surface area is 173 Å². The van der Waals surface area contributed by atoms with Gasteiger partial charge in [0.2, 0.25) is 10.0 Å². The van der Waals surface area contributed by atoms with Gasteiger partial charge in [-0.15, -0.1) is 0 Å². The molecule has 10 heteroatoms. The van der Waals surface area contributed by atoms with Gasteiger partial charge in [-0.2, -0.15) is 13.2 Å². The summed E-state index contributed by atoms with van der Waals surface area (Å²) in [6.45, 7) is 1.37. The van der Waals surface area contributed by atoms with E-state index in [-0.39, 0.29) is 17.2 Å². The summed E-state index contributed by atoms with van der Waals surface area (Å²) in [5, 5.41) is 0. The maximum atomic E-state index is 13.0. The van der Waals surface area contributed by atoms with Gasteiger partial charge < -0.3 is 9.80 Å². The molecule has 0 N–H and O–H groups in total. The molecule has 0 atom stereocenters. The number of rotatable bonds is 4. The molecule has 0 unspecified atom stereocenters. The minimum Gasteiger partial charge on any atom is -0.368 e. The summed E-state index contributed by atoms with van der Waals surface area (Å²) in [5.41, 5.74) is 0.286. The number of piperazine rings is 1. The van der Waals surface area contributed by atoms with E-state index in [0.29, 0.717) is 31.9 Å². The fourth-order valence-electron chi connectivity index (χ4n) is 3.32. The van der Waals surface area contributed by atoms with Crippen LogP contribution in [0.5, 0.6) is 0 Å². The van der Waals surface area contributed by atoms with Crippen LogP contribution in [0.25, 0.3) is 0 Å². The van der Waals surface area contributed by atoms with Crippen molar-refractivity contribution in [1.82, 2.24) is 4.90 Å². The molecule has 3 rings (SSSR count). The zero-order chi connectivity index (χ0) is 22.1. The van der Waals surface area contributed by atoms with E-state index in [2.05, 4.69) is 0 Å². The molecule has 1 aliphatic heterocycles. The van der Waals surface area contributed by atoms with Crippen LogP contribution in [0.2, 0.25) is 0 Å². The number of halogens is 3. The van der Waals surface area contributed by atoms with Crippen molar-refractivity contribution in [1.29, 1.82) is 0 Å². The third kappa shape index (κ3) is 4.69. The average Bonchev–Trinajstić information content (AvgIpc) is 2.71. The first kappa shape index (κ1) is 21.9. The van der Waals surface area contributed by atoms with Crippen molar-refractivity contribution < 1.29 is 26.4 Å². The number of nitrogens with zero attached hydrogens (tertiary/aromatic N) is 3. The molecule has 2 aromatic rings. The van der Waals surface area contributed by atoms with E-state index in [9.17, 15) is 26.4 Å². The van der Waals surface area contributed by atoms with E-state index >= 15 is 0 Å². The lowest BCUT2D eigenvalue weighted by Crippen LogP contribution is -2.49. The van der Waals surface area contributed by atoms with Gasteiger partial charge in [0, 0.05) is 38.9 Å². The zero-order valence-corrected chi connectivity index (χ0v) is 17.4. The molecule has 1 amide bonds. The number of carbonyl (C=O) groups excluding carboxylic acids is 1. The number of alkyl halides is 3. The highest BCUT2D eigenvalue weighted by Gasteiger charge is 2.31. The topological polar surface area (TPSA) is 60.9 Å². The predicted molar refractivity (Wildman–Crippen MR) is 109 cm³/mol. The third-order valence-corrected chi connectivity index (χ3v) is 6.27. The summed E-state index contributed by atoms with van der Waals surface area (Å²) in [4.78, 5) is 16.4. The van der Waals surface area contributed by atoms with Crippen LogP contribution in [-0.2, 0) is 16.2 Å². The number of amides is 1. The molecule has 2 aromatic carbocycles. The molecular formula is C20H22F3N3O3S. The molecule has 1 aliphatic rings. The molecule has 30 heavy (non-hydrogen) atoms. The van der Waals surface area contributed by atoms with E-state index in [1.165, 1.54) is 13.1 Å². The highest BCUT2D eigenvalue weighted by atomic mass is 32.2. The van der Waals surface area contributed by atoms with Crippen LogP contribution < -0.4 is 9.21 Å². The van der Waals surface area contributed by atoms with Crippen molar-refractivity contribution in [3.8, 4) is 0 Å². The molecule has 0 spiro atoms. The van der Waals surface area contributed by atoms with E-state index in [0.717, 1.165) is 22.7 Å². The van der Waals surface area contributed by atoms with Crippen molar-refractivity contribution in [2.24, 2.45) is 0 Å². The minimum absolute atomic E-state index is 0.262. The summed E-state index contributed by atoms with van der Waals surface area (Å²) in [6.07, 6.45) is -3.36. The Morgan fingerprint density at radius 2 is 1.63 bits per heavy atom. The molecule has 0 aromatic heterocycles. The van der Waals surface area contributed by atoms with Crippen molar-refractivity contribution in [2.75, 3.05) is 48.7 Å². The van der Waals surface area contributed by atoms with Gasteiger partial charge in [-0.25, -0.2) is 8.42 Å². The first-order chi connectivity index (χ1) is 14.0. The smallest absolute Gasteiger partial charge is 0.368 e. The molecule has 162 valence electrons. The van der Waals surface area contributed by atoms with E-state index in [1.807, 2.05) is 0 Å². The maximum Gasteiger partial charge on any atom is 0.416 e. The second kappa shape index (κ2) is 8.17. The van der Waals surface area contributed by atoms with Gasteiger partial charge in [0.15, 0.2) is 0 Å². The molecule has 0 saturated carbocycles. The van der Waals surface area contributed by atoms with Crippen molar-refractivity contribution in [3.63, 3.8) is 0 Å². The molecular weight excluding hydrogens is 419 g/mol. The number of carbonyl (C=O) groups is 1. The van der Waals surface area contributed by atoms with Crippen LogP contribution in [0, 0.1) is 0 Å². The third-order valence-electron chi connectivity index (χ3n) is 5.08. The maximum absolute atomic E-state index is 13.0. The number of sulfonamides is 1. The van der Waals surface area contributed by atoms with E-state index in [4.69, 9.17) is 0 Å². The van der Waals surface area contributed by atoms with Crippen LogP contribution in [0.4, 0.5) is 24.5 Å². The standard InChI is InChI=1S/C20H22F3N3O3S/c1-24(30(2,28)29)18-9-4-3-8-17(18)19(27)26-12-10-25(11-13-26)16-7-5-6-15(14-16)20(21,22)23/h3-9,14H,10-13H2,1-2H3. The SMILES string of the molecule is CN(c1ccccc1C(=O)N1CCN(c2cccc(C(F)(F)F)c2)CC1)S(C)(=O)=O. The lowest BCUT2D eigenvalue weighted by atomic mass is 10.1. The highest BCUT2D eigenvalue weighted by molar-refractivity contribution is 7.92. The van der Waals surface area contributed by atoms with Crippen LogP contribution >= 0.6 is 0 Å². The van der Waals surface area contributed by atoms with E-state index in [1.54, 1.807) is 40.1 Å². The predicted octanol–water partition coefficient (Wildman–Crippen LogP) is 3.06. The van der Waals surface area contributed by atoms with Gasteiger partial charge in [0.05, 0.1) is 23.1 Å². The summed E-state index contributed by atoms with van der Waals surface area (Å²) in [5.74, 6) is -0.315. The second-order valence-corrected chi connectivity index (χ2v) is 9.09. The van der Waals surface area contributed by atoms with Gasteiger partial charge in [-0.1, -0.05) is 18.2 Å². The Morgan fingerprint density at radius 1 is 1.00 bits per heavy atom. The Balaban J connectivity index is 1.74. The summed E-state index contributed by atoms with van der Waals surface area (Å²) < 4.78 is 63.7. The first-order valence-corrected chi connectivity index (χ1v) is 11.1. The number of para-hydroxylation sites is 1. The number of hydrogen-bond acceptors (Lipinski definition) is 4. The minimum atomic E-state index is -4.41. The normalized spacial score (nSPS) is 15.2. The van der Waals surface area contributed by atoms with Gasteiger partial charge in [0.25, 0.3) is 5.91 Å². The molecule has 6 nitrogen and oxygen atoms in total. The fraction of sp³-hybridized carbons (Fsp3) is 0.350. The second-order valence-electron chi connectivity index (χ2n) is 7.07. The van der Waals surface area contributed by atoms with Crippen molar-refractivity contribution >= 4 is 27.3 Å². The Hall–Kier alpha value is -2.75. The zero-order valence-electron chi connectivity index (χ0n) is 16.6. The Morgan fingerprint density at radius 3 is 2.23 bits per heavy atom. The number of hydrogen-bond donors (Lipinski definition) is 0. The van der Waals surface area contributed by atoms with Crippen LogP contribution in [0.1, 0.15) is 15.9 Å². The summed E-state index contributed by atoms with van der Waals surface area (Å²) in [6, 6.07) is 11.6. The Kier molecular flexibility index (Phi) is 5.98. The summed E-state index contributed by atoms with van der Waals surface area (Å²) >= 11 is 0.